The van der Waals surface area contributed by atoms with Crippen LogP contribution >= 0.6 is 0 Å². The lowest BCUT2D eigenvalue weighted by Crippen LogP contribution is -1.84. The number of hydrogen-bond donors (Lipinski definition) is 1. The molecule has 29 heavy (non-hydrogen) atoms. The zero-order valence-electron chi connectivity index (χ0n) is 20.4. The lowest BCUT2D eigenvalue weighted by molar-refractivity contribution is 0.517. The van der Waals surface area contributed by atoms with Crippen molar-refractivity contribution in [2.75, 3.05) is 0 Å². The molecule has 2 N–H and O–H groups in total. The Morgan fingerprint density at radius 1 is 0.379 bits per heavy atom. The van der Waals surface area contributed by atoms with Crippen molar-refractivity contribution in [2.45, 2.75) is 167 Å². The fourth-order valence-corrected chi connectivity index (χ4v) is 4.32. The average Bonchev–Trinajstić information content (AvgIpc) is 2.74. The highest BCUT2D eigenvalue weighted by Crippen LogP contribution is 2.15. The predicted octanol–water partition coefficient (Wildman–Crippen LogP) is 10.2. The first kappa shape index (κ1) is 28.5. The predicted molar refractivity (Wildman–Crippen MR) is 134 cm³/mol. The molecule has 0 fully saturated rings. The van der Waals surface area contributed by atoms with Gasteiger partial charge < -0.3 is 5.73 Å². The van der Waals surface area contributed by atoms with E-state index in [-0.39, 0.29) is 0 Å². The zero-order valence-corrected chi connectivity index (χ0v) is 20.4. The van der Waals surface area contributed by atoms with Gasteiger partial charge in [0.25, 0.3) is 0 Å². The van der Waals surface area contributed by atoms with Crippen LogP contribution in [0.25, 0.3) is 0 Å². The average molecular weight is 408 g/mol. The Kier molecular flexibility index (Phi) is 27.1. The molecule has 0 unspecified atom stereocenters. The van der Waals surface area contributed by atoms with Crippen LogP contribution in [-0.4, -0.2) is 0 Å². The highest BCUT2D eigenvalue weighted by Gasteiger charge is 1.96. The summed E-state index contributed by atoms with van der Waals surface area (Å²) >= 11 is 0. The van der Waals surface area contributed by atoms with Crippen LogP contribution in [0.3, 0.4) is 0 Å². The van der Waals surface area contributed by atoms with Gasteiger partial charge in [0.15, 0.2) is 0 Å². The first-order valence-electron chi connectivity index (χ1n) is 13.8. The third-order valence-electron chi connectivity index (χ3n) is 6.36. The van der Waals surface area contributed by atoms with Crippen LogP contribution in [0.15, 0.2) is 12.3 Å². The number of rotatable bonds is 25. The second-order valence-electron chi connectivity index (χ2n) is 9.35. The molecule has 0 aliphatic heterocycles. The molecular weight excluding hydrogens is 350 g/mol. The maximum absolute atomic E-state index is 5.35. The molecule has 1 nitrogen and oxygen atoms in total. The number of hydrogen-bond acceptors (Lipinski definition) is 1. The fourth-order valence-electron chi connectivity index (χ4n) is 4.32. The molecule has 1 heteroatoms. The molecule has 0 saturated carbocycles. The Balaban J connectivity index is 2.98. The summed E-state index contributed by atoms with van der Waals surface area (Å²) in [5.74, 6) is 0. The number of nitrogens with two attached hydrogens (primary N) is 1. The van der Waals surface area contributed by atoms with E-state index in [1.54, 1.807) is 6.20 Å². The Labute approximate surface area is 185 Å². The fraction of sp³-hybridized carbons (Fsp3) is 0.929. The van der Waals surface area contributed by atoms with Crippen molar-refractivity contribution in [3.8, 4) is 0 Å². The van der Waals surface area contributed by atoms with E-state index in [1.165, 1.54) is 154 Å². The third-order valence-corrected chi connectivity index (χ3v) is 6.36. The van der Waals surface area contributed by atoms with Crippen molar-refractivity contribution in [2.24, 2.45) is 5.73 Å². The van der Waals surface area contributed by atoms with Crippen LogP contribution < -0.4 is 5.73 Å². The minimum atomic E-state index is 1.16. The van der Waals surface area contributed by atoms with E-state index >= 15 is 0 Å². The molecule has 0 aliphatic rings. The van der Waals surface area contributed by atoms with Crippen LogP contribution in [0, 0.1) is 0 Å². The van der Waals surface area contributed by atoms with Crippen LogP contribution in [0.4, 0.5) is 0 Å². The summed E-state index contributed by atoms with van der Waals surface area (Å²) in [6.45, 7) is 2.30. The van der Waals surface area contributed by atoms with E-state index in [0.717, 1.165) is 6.42 Å². The molecule has 0 amide bonds. The van der Waals surface area contributed by atoms with Crippen LogP contribution in [-0.2, 0) is 0 Å². The highest BCUT2D eigenvalue weighted by atomic mass is 14.5. The summed E-state index contributed by atoms with van der Waals surface area (Å²) in [4.78, 5) is 0. The lowest BCUT2D eigenvalue weighted by atomic mass is 10.0. The van der Waals surface area contributed by atoms with Gasteiger partial charge in [-0.15, -0.1) is 0 Å². The standard InChI is InChI=1S/C28H57N/c1-2-3-4-5-6-7-8-9-10-11-12-13-14-15-16-17-18-19-20-21-22-23-24-25-26-27-28-29/h27-28H,2-26,29H2,1H3. The SMILES string of the molecule is CCCCCCCCCCCCCCCCCCCCCCCCCCC=CN. The Hall–Kier alpha value is -0.460. The van der Waals surface area contributed by atoms with Gasteiger partial charge in [-0.05, 0) is 19.0 Å². The molecule has 174 valence electrons. The molecule has 0 saturated heterocycles. The molecule has 0 heterocycles. The summed E-state index contributed by atoms with van der Waals surface area (Å²) in [5, 5.41) is 0. The maximum atomic E-state index is 5.35. The normalized spacial score (nSPS) is 11.6. The molecular formula is C28H57N. The highest BCUT2D eigenvalue weighted by molar-refractivity contribution is 4.74. The van der Waals surface area contributed by atoms with Crippen LogP contribution in [0.5, 0.6) is 0 Å². The first-order chi connectivity index (χ1) is 14.4. The van der Waals surface area contributed by atoms with Gasteiger partial charge in [0.2, 0.25) is 0 Å². The van der Waals surface area contributed by atoms with E-state index in [0.29, 0.717) is 0 Å². The Morgan fingerprint density at radius 3 is 0.862 bits per heavy atom. The molecule has 0 radical (unpaired) electrons. The van der Waals surface area contributed by atoms with E-state index in [1.807, 2.05) is 0 Å². The molecule has 0 rings (SSSR count). The molecule has 0 aromatic carbocycles. The van der Waals surface area contributed by atoms with Gasteiger partial charge >= 0.3 is 0 Å². The lowest BCUT2D eigenvalue weighted by Gasteiger charge is -2.04. The molecule has 0 atom stereocenters. The van der Waals surface area contributed by atoms with Crippen LogP contribution in [0.1, 0.15) is 167 Å². The smallest absolute Gasteiger partial charge is 0.0103 e. The second kappa shape index (κ2) is 27.5. The topological polar surface area (TPSA) is 26.0 Å². The van der Waals surface area contributed by atoms with Crippen LogP contribution in [0.2, 0.25) is 0 Å². The summed E-state index contributed by atoms with van der Waals surface area (Å²) < 4.78 is 0. The molecule has 0 bridgehead atoms. The van der Waals surface area contributed by atoms with E-state index in [4.69, 9.17) is 5.73 Å². The van der Waals surface area contributed by atoms with Gasteiger partial charge in [0, 0.05) is 0 Å². The molecule has 0 aromatic rings. The summed E-state index contributed by atoms with van der Waals surface area (Å²) in [6.07, 6.45) is 39.9. The van der Waals surface area contributed by atoms with Gasteiger partial charge in [0.1, 0.15) is 0 Å². The van der Waals surface area contributed by atoms with Crippen molar-refractivity contribution < 1.29 is 0 Å². The first-order valence-corrected chi connectivity index (χ1v) is 13.8. The second-order valence-corrected chi connectivity index (χ2v) is 9.35. The minimum absolute atomic E-state index is 1.16. The zero-order chi connectivity index (χ0) is 21.1. The van der Waals surface area contributed by atoms with Gasteiger partial charge in [-0.1, -0.05) is 161 Å². The Morgan fingerprint density at radius 2 is 0.621 bits per heavy atom. The summed E-state index contributed by atoms with van der Waals surface area (Å²) in [7, 11) is 0. The van der Waals surface area contributed by atoms with E-state index in [2.05, 4.69) is 13.0 Å². The van der Waals surface area contributed by atoms with Gasteiger partial charge in [0.05, 0.1) is 0 Å². The third kappa shape index (κ3) is 27.5. The van der Waals surface area contributed by atoms with Gasteiger partial charge in [-0.25, -0.2) is 0 Å². The van der Waals surface area contributed by atoms with Gasteiger partial charge in [-0.2, -0.15) is 0 Å². The summed E-state index contributed by atoms with van der Waals surface area (Å²) in [6, 6.07) is 0. The quantitative estimate of drug-likeness (QED) is 0.150. The van der Waals surface area contributed by atoms with Crippen molar-refractivity contribution in [1.82, 2.24) is 0 Å². The van der Waals surface area contributed by atoms with Crippen molar-refractivity contribution >= 4 is 0 Å². The molecule has 0 spiro atoms. The minimum Gasteiger partial charge on any atom is -0.405 e. The van der Waals surface area contributed by atoms with E-state index in [9.17, 15) is 0 Å². The maximum Gasteiger partial charge on any atom is -0.0103 e. The van der Waals surface area contributed by atoms with Crippen molar-refractivity contribution in [3.05, 3.63) is 12.3 Å². The van der Waals surface area contributed by atoms with Crippen molar-refractivity contribution in [1.29, 1.82) is 0 Å². The molecule has 0 aliphatic carbocycles. The molecule has 0 aromatic heterocycles. The van der Waals surface area contributed by atoms with Gasteiger partial charge in [-0.3, -0.25) is 0 Å². The number of unbranched alkanes of at least 4 members (excludes halogenated alkanes) is 24. The number of allylic oxidation sites excluding steroid dienone is 1. The van der Waals surface area contributed by atoms with E-state index < -0.39 is 0 Å². The van der Waals surface area contributed by atoms with Crippen molar-refractivity contribution in [3.63, 3.8) is 0 Å². The summed E-state index contributed by atoms with van der Waals surface area (Å²) in [5.41, 5.74) is 5.35. The monoisotopic (exact) mass is 407 g/mol. The largest absolute Gasteiger partial charge is 0.405 e. The Bertz CT molecular complexity index is 297.